The van der Waals surface area contributed by atoms with Gasteiger partial charge in [0, 0.05) is 56.6 Å². The lowest BCUT2D eigenvalue weighted by molar-refractivity contribution is -0.384. The van der Waals surface area contributed by atoms with E-state index in [2.05, 4.69) is 14.8 Å². The lowest BCUT2D eigenvalue weighted by Crippen LogP contribution is -2.45. The van der Waals surface area contributed by atoms with Gasteiger partial charge in [-0.2, -0.15) is 0 Å². The van der Waals surface area contributed by atoms with Crippen LogP contribution in [0.3, 0.4) is 0 Å². The summed E-state index contributed by atoms with van der Waals surface area (Å²) in [4.78, 5) is 19.5. The van der Waals surface area contributed by atoms with E-state index in [1.54, 1.807) is 12.1 Å². The smallest absolute Gasteiger partial charge is 0.269 e. The van der Waals surface area contributed by atoms with Crippen LogP contribution in [0.2, 0.25) is 5.15 Å². The van der Waals surface area contributed by atoms with E-state index in [0.29, 0.717) is 17.2 Å². The lowest BCUT2D eigenvalue weighted by atomic mass is 10.1. The molecular formula is C18H19ClN4O2. The third-order valence-corrected chi connectivity index (χ3v) is 5.40. The van der Waals surface area contributed by atoms with Crippen molar-refractivity contribution < 1.29 is 4.92 Å². The Hall–Kier alpha value is -2.02. The largest absolute Gasteiger partial charge is 0.293 e. The SMILES string of the molecule is O=[N+]([O-])c1ccc(CN2CC3CC2CN3Cc2ccc(Cl)nc2)cc1. The van der Waals surface area contributed by atoms with Crippen molar-refractivity contribution in [3.05, 3.63) is 69.0 Å². The van der Waals surface area contributed by atoms with Crippen molar-refractivity contribution in [2.24, 2.45) is 0 Å². The Morgan fingerprint density at radius 3 is 2.16 bits per heavy atom. The summed E-state index contributed by atoms with van der Waals surface area (Å²) in [6.45, 7) is 3.87. The topological polar surface area (TPSA) is 62.5 Å². The van der Waals surface area contributed by atoms with E-state index < -0.39 is 0 Å². The predicted octanol–water partition coefficient (Wildman–Crippen LogP) is 3.10. The molecule has 2 fully saturated rings. The summed E-state index contributed by atoms with van der Waals surface area (Å²) in [6, 6.07) is 11.9. The van der Waals surface area contributed by atoms with Crippen molar-refractivity contribution in [1.29, 1.82) is 0 Å². The molecular weight excluding hydrogens is 340 g/mol. The first kappa shape index (κ1) is 16.4. The van der Waals surface area contributed by atoms with Gasteiger partial charge in [0.05, 0.1) is 4.92 Å². The standard InChI is InChI=1S/C18H19ClN4O2/c19-18-6-3-14(8-20-18)10-22-12-16-7-17(22)11-21(16)9-13-1-4-15(5-2-13)23(24)25/h1-6,8,16-17H,7,9-12H2. The van der Waals surface area contributed by atoms with Crippen LogP contribution >= 0.6 is 11.6 Å². The summed E-state index contributed by atoms with van der Waals surface area (Å²) in [5.74, 6) is 0. The molecule has 1 aromatic carbocycles. The second-order valence-electron chi connectivity index (χ2n) is 6.81. The van der Waals surface area contributed by atoms with Crippen molar-refractivity contribution in [3.63, 3.8) is 0 Å². The molecule has 3 heterocycles. The van der Waals surface area contributed by atoms with Crippen molar-refractivity contribution >= 4 is 17.3 Å². The van der Waals surface area contributed by atoms with Gasteiger partial charge in [0.15, 0.2) is 0 Å². The molecule has 1 aromatic heterocycles. The van der Waals surface area contributed by atoms with Gasteiger partial charge in [-0.15, -0.1) is 0 Å². The highest BCUT2D eigenvalue weighted by Crippen LogP contribution is 2.33. The second kappa shape index (κ2) is 6.71. The Morgan fingerprint density at radius 1 is 1.04 bits per heavy atom. The number of likely N-dealkylation sites (tertiary alicyclic amines) is 2. The summed E-state index contributed by atoms with van der Waals surface area (Å²) in [6.07, 6.45) is 3.04. The Balaban J connectivity index is 1.34. The van der Waals surface area contributed by atoms with Gasteiger partial charge in [-0.1, -0.05) is 29.8 Å². The fourth-order valence-corrected chi connectivity index (χ4v) is 4.02. The molecule has 0 radical (unpaired) electrons. The van der Waals surface area contributed by atoms with Crippen LogP contribution in [0.4, 0.5) is 5.69 Å². The quantitative estimate of drug-likeness (QED) is 0.467. The van der Waals surface area contributed by atoms with Gasteiger partial charge < -0.3 is 0 Å². The van der Waals surface area contributed by atoms with Gasteiger partial charge in [0.25, 0.3) is 5.69 Å². The average Bonchev–Trinajstić information content (AvgIpc) is 3.17. The minimum atomic E-state index is -0.356. The fraction of sp³-hybridized carbons (Fsp3) is 0.389. The number of nitrogens with zero attached hydrogens (tertiary/aromatic N) is 4. The number of pyridine rings is 1. The van der Waals surface area contributed by atoms with Crippen LogP contribution in [-0.4, -0.2) is 44.9 Å². The molecule has 7 heteroatoms. The van der Waals surface area contributed by atoms with Crippen LogP contribution < -0.4 is 0 Å². The van der Waals surface area contributed by atoms with E-state index in [1.807, 2.05) is 30.5 Å². The molecule has 0 spiro atoms. The van der Waals surface area contributed by atoms with Gasteiger partial charge in [-0.25, -0.2) is 4.98 Å². The van der Waals surface area contributed by atoms with Crippen molar-refractivity contribution in [2.75, 3.05) is 13.1 Å². The molecule has 0 amide bonds. The Labute approximate surface area is 151 Å². The normalized spacial score (nSPS) is 23.2. The zero-order valence-electron chi connectivity index (χ0n) is 13.7. The monoisotopic (exact) mass is 358 g/mol. The molecule has 130 valence electrons. The van der Waals surface area contributed by atoms with E-state index in [0.717, 1.165) is 31.7 Å². The van der Waals surface area contributed by atoms with Crippen molar-refractivity contribution in [2.45, 2.75) is 31.6 Å². The van der Waals surface area contributed by atoms with E-state index in [9.17, 15) is 10.1 Å². The summed E-state index contributed by atoms with van der Waals surface area (Å²) < 4.78 is 0. The minimum absolute atomic E-state index is 0.148. The van der Waals surface area contributed by atoms with Crippen molar-refractivity contribution in [3.8, 4) is 0 Å². The summed E-state index contributed by atoms with van der Waals surface area (Å²) >= 11 is 5.85. The zero-order valence-corrected chi connectivity index (χ0v) is 14.5. The highest BCUT2D eigenvalue weighted by Gasteiger charge is 2.42. The Morgan fingerprint density at radius 2 is 1.64 bits per heavy atom. The van der Waals surface area contributed by atoms with Gasteiger partial charge >= 0.3 is 0 Å². The number of aromatic nitrogens is 1. The minimum Gasteiger partial charge on any atom is -0.293 e. The molecule has 2 unspecified atom stereocenters. The van der Waals surface area contributed by atoms with Crippen LogP contribution in [-0.2, 0) is 13.1 Å². The third kappa shape index (κ3) is 3.51. The molecule has 25 heavy (non-hydrogen) atoms. The molecule has 2 aliphatic heterocycles. The molecule has 0 saturated carbocycles. The molecule has 4 rings (SSSR count). The summed E-state index contributed by atoms with van der Waals surface area (Å²) in [7, 11) is 0. The van der Waals surface area contributed by atoms with Gasteiger partial charge in [-0.3, -0.25) is 19.9 Å². The number of rotatable bonds is 5. The number of nitro groups is 1. The first-order valence-electron chi connectivity index (χ1n) is 8.40. The van der Waals surface area contributed by atoms with Crippen LogP contribution in [0, 0.1) is 10.1 Å². The number of piperazine rings is 1. The molecule has 2 aliphatic rings. The first-order chi connectivity index (χ1) is 12.1. The first-order valence-corrected chi connectivity index (χ1v) is 8.78. The third-order valence-electron chi connectivity index (χ3n) is 5.17. The molecule has 6 nitrogen and oxygen atoms in total. The van der Waals surface area contributed by atoms with E-state index >= 15 is 0 Å². The predicted molar refractivity (Wildman–Crippen MR) is 95.4 cm³/mol. The Kier molecular flexibility index (Phi) is 4.41. The van der Waals surface area contributed by atoms with E-state index in [-0.39, 0.29) is 10.6 Å². The van der Waals surface area contributed by atoms with Crippen LogP contribution in [0.5, 0.6) is 0 Å². The van der Waals surface area contributed by atoms with Crippen LogP contribution in [0.15, 0.2) is 42.6 Å². The van der Waals surface area contributed by atoms with Gasteiger partial charge in [0.1, 0.15) is 5.15 Å². The highest BCUT2D eigenvalue weighted by molar-refractivity contribution is 6.29. The molecule has 2 aromatic rings. The van der Waals surface area contributed by atoms with E-state index in [4.69, 9.17) is 11.6 Å². The Bertz CT molecular complexity index is 766. The maximum atomic E-state index is 10.7. The molecule has 0 aliphatic carbocycles. The van der Waals surface area contributed by atoms with Crippen LogP contribution in [0.25, 0.3) is 0 Å². The highest BCUT2D eigenvalue weighted by atomic mass is 35.5. The fourth-order valence-electron chi connectivity index (χ4n) is 3.91. The lowest BCUT2D eigenvalue weighted by Gasteiger charge is -2.34. The van der Waals surface area contributed by atoms with Gasteiger partial charge in [0.2, 0.25) is 0 Å². The number of non-ortho nitro benzene ring substituents is 1. The maximum Gasteiger partial charge on any atom is 0.269 e. The number of hydrogen-bond donors (Lipinski definition) is 0. The molecule has 2 atom stereocenters. The van der Waals surface area contributed by atoms with Gasteiger partial charge in [-0.05, 0) is 23.6 Å². The summed E-state index contributed by atoms with van der Waals surface area (Å²) in [5.41, 5.74) is 2.47. The van der Waals surface area contributed by atoms with Crippen LogP contribution in [0.1, 0.15) is 17.5 Å². The number of benzene rings is 1. The van der Waals surface area contributed by atoms with E-state index in [1.165, 1.54) is 12.0 Å². The zero-order chi connectivity index (χ0) is 17.4. The average molecular weight is 359 g/mol. The van der Waals surface area contributed by atoms with Crippen molar-refractivity contribution in [1.82, 2.24) is 14.8 Å². The molecule has 2 bridgehead atoms. The maximum absolute atomic E-state index is 10.7. The number of nitro benzene ring substituents is 1. The number of hydrogen-bond acceptors (Lipinski definition) is 5. The number of halogens is 1. The molecule has 0 N–H and O–H groups in total. The number of fused-ring (bicyclic) bond motifs is 2. The second-order valence-corrected chi connectivity index (χ2v) is 7.20. The molecule has 2 saturated heterocycles. The summed E-state index contributed by atoms with van der Waals surface area (Å²) in [5, 5.41) is 11.3.